The molecule has 23 heteroatoms. The molecule has 0 fully saturated rings. The highest BCUT2D eigenvalue weighted by molar-refractivity contribution is 5.98. The highest BCUT2D eigenvalue weighted by Crippen LogP contribution is 2.25. The summed E-state index contributed by atoms with van der Waals surface area (Å²) in [7, 11) is 9.81. The van der Waals surface area contributed by atoms with Crippen LogP contribution in [-0.2, 0) is 52.7 Å². The number of hydrogen-bond acceptors (Lipinski definition) is 12. The molecule has 0 aliphatic carbocycles. The fourth-order valence-corrected chi connectivity index (χ4v) is 8.64. The number of amides is 11. The minimum atomic E-state index is -1.59. The third-order valence-electron chi connectivity index (χ3n) is 13.3. The summed E-state index contributed by atoms with van der Waals surface area (Å²) in [5, 5.41) is 19.7. The molecule has 0 radical (unpaired) electrons. The van der Waals surface area contributed by atoms with Gasteiger partial charge in [-0.3, -0.25) is 52.7 Å². The molecule has 0 aromatic heterocycles. The number of nitrogens with one attached hydrogen (secondary N) is 3. The zero-order valence-electron chi connectivity index (χ0n) is 49.3. The monoisotopic (exact) mass is 1080 g/mol. The molecule has 434 valence electrons. The Morgan fingerprint density at radius 1 is 0.526 bits per heavy atom. The average Bonchev–Trinajstić information content (AvgIpc) is 3.33. The zero-order valence-corrected chi connectivity index (χ0v) is 49.3. The molecule has 23 nitrogen and oxygen atoms in total. The third kappa shape index (κ3) is 21.1. The van der Waals surface area contributed by atoms with E-state index >= 15 is 0 Å². The molecule has 0 aromatic carbocycles. The fraction of sp³-hybridized carbons (Fsp3) is 0.755. The van der Waals surface area contributed by atoms with E-state index in [0.717, 1.165) is 14.7 Å². The van der Waals surface area contributed by atoms with Gasteiger partial charge in [0.05, 0.1) is 25.7 Å². The first kappa shape index (κ1) is 69.9. The summed E-state index contributed by atoms with van der Waals surface area (Å²) < 4.78 is 0. The van der Waals surface area contributed by atoms with Crippen molar-refractivity contribution in [3.63, 3.8) is 0 Å². The van der Waals surface area contributed by atoms with Crippen molar-refractivity contribution in [3.05, 3.63) is 12.2 Å². The number of nitrogens with zero attached hydrogens (tertiary/aromatic N) is 7. The van der Waals surface area contributed by atoms with Gasteiger partial charge in [-0.05, 0) is 70.1 Å². The Morgan fingerprint density at radius 3 is 1.45 bits per heavy atom. The minimum Gasteiger partial charge on any atom is -0.390 e. The number of carbonyl (C=O) groups is 11. The summed E-state index contributed by atoms with van der Waals surface area (Å²) in [6.07, 6.45) is 2.78. The Bertz CT molecular complexity index is 2050. The van der Waals surface area contributed by atoms with Crippen molar-refractivity contribution in [1.82, 2.24) is 50.2 Å². The molecule has 0 aliphatic heterocycles. The standard InChI is InChI=1S/C53H95N11O12/c1-21-23-24-34(11)45(68)44(47(70)57-37(22-2)50(73)60(16)29-42(67)58(14)27-40(54)65)64(20)53(76)43(32(7)8)63(19)52(75)39(26-31(5)6)62(18)51(74)38(25-30(3)4)61(17)49(72)36(13)56-46(69)35(12)55-41(66)28-59(15)48(71)33(9)10/h21,23,30-39,43-45,68H,22,24-29H2,1-20H3,(H2,54,65)(H,55,66)(H,56,69)(H,57,70)/b23-21+/t34-,35-,36+,37-,38-,39-,43-,44?,45+/m1/s1. The highest BCUT2D eigenvalue weighted by Gasteiger charge is 2.45. The van der Waals surface area contributed by atoms with Crippen LogP contribution in [0.15, 0.2) is 12.2 Å². The van der Waals surface area contributed by atoms with Crippen LogP contribution in [0, 0.1) is 29.6 Å². The number of carbonyl (C=O) groups excluding carboxylic acids is 11. The Kier molecular flexibility index (Phi) is 29.8. The summed E-state index contributed by atoms with van der Waals surface area (Å²) in [5.74, 6) is -8.70. The lowest BCUT2D eigenvalue weighted by Gasteiger charge is -2.41. The number of likely N-dealkylation sites (N-methyl/N-ethyl adjacent to an activating group) is 7. The first-order valence-corrected chi connectivity index (χ1v) is 26.3. The number of aliphatic hydroxyl groups is 1. The number of primary amides is 1. The van der Waals surface area contributed by atoms with Crippen molar-refractivity contribution in [2.75, 3.05) is 69.0 Å². The van der Waals surface area contributed by atoms with Crippen LogP contribution in [0.5, 0.6) is 0 Å². The molecule has 1 unspecified atom stereocenters. The van der Waals surface area contributed by atoms with E-state index in [1.165, 1.54) is 82.8 Å². The van der Waals surface area contributed by atoms with Crippen LogP contribution in [0.25, 0.3) is 0 Å². The van der Waals surface area contributed by atoms with Crippen molar-refractivity contribution < 1.29 is 57.8 Å². The Hall–Kier alpha value is -6.13. The quantitative estimate of drug-likeness (QED) is 0.0591. The summed E-state index contributed by atoms with van der Waals surface area (Å²) in [6.45, 7) is 21.2. The van der Waals surface area contributed by atoms with Crippen LogP contribution in [0.3, 0.4) is 0 Å². The van der Waals surface area contributed by atoms with Gasteiger partial charge >= 0.3 is 0 Å². The lowest BCUT2D eigenvalue weighted by atomic mass is 9.91. The van der Waals surface area contributed by atoms with Crippen molar-refractivity contribution in [2.45, 2.75) is 164 Å². The summed E-state index contributed by atoms with van der Waals surface area (Å²) in [4.78, 5) is 157. The van der Waals surface area contributed by atoms with Gasteiger partial charge in [0.1, 0.15) is 42.3 Å². The van der Waals surface area contributed by atoms with E-state index in [1.807, 2.05) is 27.7 Å². The van der Waals surface area contributed by atoms with E-state index in [0.29, 0.717) is 6.42 Å². The SMILES string of the molecule is C/C=C/C[C@@H](C)[C@H](O)C(C(=O)N[C@H](CC)C(=O)N(C)CC(=O)N(C)CC(N)=O)N(C)C(=O)[C@@H](C(C)C)N(C)C(=O)[C@@H](CC(C)C)N(C)C(=O)[C@@H](CC(C)C)N(C)C(=O)[C@H](C)NC(=O)[C@@H](C)NC(=O)CN(C)C(=O)C(C)C. The van der Waals surface area contributed by atoms with Crippen LogP contribution in [-0.4, -0.2) is 222 Å². The molecule has 0 saturated carbocycles. The predicted molar refractivity (Wildman–Crippen MR) is 289 cm³/mol. The van der Waals surface area contributed by atoms with Gasteiger partial charge in [-0.15, -0.1) is 0 Å². The summed E-state index contributed by atoms with van der Waals surface area (Å²) in [6, 6.07) is -8.56. The molecule has 6 N–H and O–H groups in total. The molecule has 0 aromatic rings. The average molecular weight is 1080 g/mol. The maximum Gasteiger partial charge on any atom is 0.246 e. The molecular weight excluding hydrogens is 983 g/mol. The molecule has 0 aliphatic rings. The van der Waals surface area contributed by atoms with E-state index in [1.54, 1.807) is 60.6 Å². The van der Waals surface area contributed by atoms with Crippen LogP contribution in [0.1, 0.15) is 116 Å². The number of hydrogen-bond donors (Lipinski definition) is 5. The topological polar surface area (TPSA) is 293 Å². The van der Waals surface area contributed by atoms with E-state index in [4.69, 9.17) is 5.73 Å². The molecular formula is C53H95N11O12. The molecule has 0 spiro atoms. The number of nitrogens with two attached hydrogens (primary N) is 1. The van der Waals surface area contributed by atoms with Gasteiger partial charge in [-0.25, -0.2) is 0 Å². The van der Waals surface area contributed by atoms with E-state index in [9.17, 15) is 57.8 Å². The summed E-state index contributed by atoms with van der Waals surface area (Å²) in [5.41, 5.74) is 5.22. The number of rotatable bonds is 31. The number of allylic oxidation sites excluding steroid dienone is 2. The zero-order chi connectivity index (χ0) is 59.4. The Balaban J connectivity index is 6.94. The first-order chi connectivity index (χ1) is 35.0. The van der Waals surface area contributed by atoms with Gasteiger partial charge in [0, 0.05) is 55.3 Å². The van der Waals surface area contributed by atoms with Gasteiger partial charge < -0.3 is 61.1 Å². The summed E-state index contributed by atoms with van der Waals surface area (Å²) >= 11 is 0. The van der Waals surface area contributed by atoms with Crippen molar-refractivity contribution >= 4 is 65.0 Å². The molecule has 0 rings (SSSR count). The van der Waals surface area contributed by atoms with Gasteiger partial charge in [0.15, 0.2) is 0 Å². The normalized spacial score (nSPS) is 15.1. The molecule has 9 atom stereocenters. The molecule has 0 heterocycles. The minimum absolute atomic E-state index is 0.0601. The molecule has 0 bridgehead atoms. The largest absolute Gasteiger partial charge is 0.390 e. The van der Waals surface area contributed by atoms with Crippen LogP contribution >= 0.6 is 0 Å². The highest BCUT2D eigenvalue weighted by atomic mass is 16.3. The Morgan fingerprint density at radius 2 is 1.00 bits per heavy atom. The van der Waals surface area contributed by atoms with Crippen molar-refractivity contribution in [3.8, 4) is 0 Å². The molecule has 76 heavy (non-hydrogen) atoms. The maximum atomic E-state index is 15.0. The molecule has 11 amide bonds. The second-order valence-corrected chi connectivity index (χ2v) is 21.7. The second kappa shape index (κ2) is 32.5. The van der Waals surface area contributed by atoms with Crippen LogP contribution < -0.4 is 21.7 Å². The third-order valence-corrected chi connectivity index (χ3v) is 13.3. The lowest BCUT2D eigenvalue weighted by molar-refractivity contribution is -0.157. The van der Waals surface area contributed by atoms with Gasteiger partial charge in [0.2, 0.25) is 65.0 Å². The fourth-order valence-electron chi connectivity index (χ4n) is 8.64. The smallest absolute Gasteiger partial charge is 0.246 e. The number of aliphatic hydroxyl groups excluding tert-OH is 1. The first-order valence-electron chi connectivity index (χ1n) is 26.3. The van der Waals surface area contributed by atoms with Gasteiger partial charge in [-0.2, -0.15) is 0 Å². The second-order valence-electron chi connectivity index (χ2n) is 21.7. The van der Waals surface area contributed by atoms with Crippen LogP contribution in [0.2, 0.25) is 0 Å². The van der Waals surface area contributed by atoms with Crippen molar-refractivity contribution in [2.24, 2.45) is 35.3 Å². The maximum absolute atomic E-state index is 15.0. The van der Waals surface area contributed by atoms with E-state index in [-0.39, 0.29) is 56.0 Å². The van der Waals surface area contributed by atoms with E-state index in [2.05, 4.69) is 16.0 Å². The van der Waals surface area contributed by atoms with Gasteiger partial charge in [-0.1, -0.05) is 81.4 Å². The lowest BCUT2D eigenvalue weighted by Crippen LogP contribution is -2.63. The predicted octanol–water partition coefficient (Wildman–Crippen LogP) is 0.426. The van der Waals surface area contributed by atoms with E-state index < -0.39 is 126 Å². The van der Waals surface area contributed by atoms with Gasteiger partial charge in [0.25, 0.3) is 0 Å². The molecule has 0 saturated heterocycles. The van der Waals surface area contributed by atoms with Crippen LogP contribution in [0.4, 0.5) is 0 Å². The Labute approximate surface area is 452 Å². The van der Waals surface area contributed by atoms with Crippen molar-refractivity contribution in [1.29, 1.82) is 0 Å².